The minimum Gasteiger partial charge on any atom is -0.269 e. The molecule has 0 spiro atoms. The van der Waals surface area contributed by atoms with Crippen molar-refractivity contribution in [1.29, 1.82) is 0 Å². The zero-order valence-corrected chi connectivity index (χ0v) is 8.38. The first-order valence-electron chi connectivity index (χ1n) is 4.15. The number of halogens is 4. The smallest absolute Gasteiger partial charge is 0.269 e. The first-order chi connectivity index (χ1) is 7.39. The van der Waals surface area contributed by atoms with E-state index in [-0.39, 0.29) is 5.15 Å². The van der Waals surface area contributed by atoms with E-state index in [0.29, 0.717) is 0 Å². The van der Waals surface area contributed by atoms with E-state index in [1.807, 2.05) is 0 Å². The summed E-state index contributed by atoms with van der Waals surface area (Å²) in [5.41, 5.74) is -2.14. The molecule has 0 atom stereocenters. The molecule has 0 amide bonds. The molecule has 0 aliphatic heterocycles. The highest BCUT2D eigenvalue weighted by atomic mass is 35.5. The predicted molar refractivity (Wildman–Crippen MR) is 51.5 cm³/mol. The maximum Gasteiger partial charge on any atom is 0.419 e. The Hall–Kier alpha value is -1.56. The van der Waals surface area contributed by atoms with Crippen molar-refractivity contribution in [3.05, 3.63) is 45.5 Å². The van der Waals surface area contributed by atoms with Gasteiger partial charge in [0.15, 0.2) is 5.65 Å². The average Bonchev–Trinajstić information content (AvgIpc) is 2.15. The van der Waals surface area contributed by atoms with Gasteiger partial charge in [-0.05, 0) is 12.1 Å². The zero-order chi connectivity index (χ0) is 11.9. The SMILES string of the molecule is O=c1cc(Cl)nc2c(C(F)(F)F)cccn12. The quantitative estimate of drug-likeness (QED) is 0.671. The van der Waals surface area contributed by atoms with Gasteiger partial charge in [0.05, 0.1) is 5.56 Å². The van der Waals surface area contributed by atoms with Crippen LogP contribution in [0.25, 0.3) is 5.65 Å². The summed E-state index contributed by atoms with van der Waals surface area (Å²) in [5, 5.41) is -0.262. The van der Waals surface area contributed by atoms with Crippen molar-refractivity contribution in [3.8, 4) is 0 Å². The van der Waals surface area contributed by atoms with Gasteiger partial charge >= 0.3 is 6.18 Å². The number of nitrogens with zero attached hydrogens (tertiary/aromatic N) is 2. The molecule has 7 heteroatoms. The van der Waals surface area contributed by atoms with Crippen molar-refractivity contribution in [1.82, 2.24) is 9.38 Å². The second-order valence-corrected chi connectivity index (χ2v) is 3.42. The third-order valence-corrected chi connectivity index (χ3v) is 2.16. The Kier molecular flexibility index (Phi) is 2.38. The minimum absolute atomic E-state index is 0.262. The maximum absolute atomic E-state index is 12.6. The van der Waals surface area contributed by atoms with E-state index >= 15 is 0 Å². The molecule has 84 valence electrons. The normalized spacial score (nSPS) is 12.0. The monoisotopic (exact) mass is 248 g/mol. The topological polar surface area (TPSA) is 34.4 Å². The number of pyridine rings is 1. The molecule has 16 heavy (non-hydrogen) atoms. The molecule has 0 N–H and O–H groups in total. The van der Waals surface area contributed by atoms with E-state index in [4.69, 9.17) is 11.6 Å². The van der Waals surface area contributed by atoms with E-state index in [0.717, 1.165) is 22.6 Å². The maximum atomic E-state index is 12.6. The van der Waals surface area contributed by atoms with Crippen LogP contribution in [0, 0.1) is 0 Å². The Bertz CT molecular complexity index is 606. The van der Waals surface area contributed by atoms with E-state index in [9.17, 15) is 18.0 Å². The van der Waals surface area contributed by atoms with Gasteiger partial charge in [-0.3, -0.25) is 9.20 Å². The molecular formula is C9H4ClF3N2O. The number of aromatic nitrogens is 2. The van der Waals surface area contributed by atoms with Crippen LogP contribution < -0.4 is 5.56 Å². The molecule has 0 radical (unpaired) electrons. The van der Waals surface area contributed by atoms with Crippen LogP contribution >= 0.6 is 11.6 Å². The number of hydrogen-bond donors (Lipinski definition) is 0. The highest BCUT2D eigenvalue weighted by Gasteiger charge is 2.33. The summed E-state index contributed by atoms with van der Waals surface area (Å²) in [6.45, 7) is 0. The van der Waals surface area contributed by atoms with Crippen LogP contribution in [-0.2, 0) is 6.18 Å². The summed E-state index contributed by atoms with van der Waals surface area (Å²) in [6.07, 6.45) is -3.37. The van der Waals surface area contributed by atoms with Gasteiger partial charge in [0.2, 0.25) is 0 Å². The summed E-state index contributed by atoms with van der Waals surface area (Å²) < 4.78 is 38.5. The van der Waals surface area contributed by atoms with E-state index in [2.05, 4.69) is 4.98 Å². The van der Waals surface area contributed by atoms with Crippen LogP contribution in [-0.4, -0.2) is 9.38 Å². The number of fused-ring (bicyclic) bond motifs is 1. The van der Waals surface area contributed by atoms with Gasteiger partial charge in [-0.1, -0.05) is 11.6 Å². The number of rotatable bonds is 0. The highest BCUT2D eigenvalue weighted by Crippen LogP contribution is 2.31. The second kappa shape index (κ2) is 3.48. The van der Waals surface area contributed by atoms with Crippen molar-refractivity contribution in [2.24, 2.45) is 0 Å². The Morgan fingerprint density at radius 3 is 2.69 bits per heavy atom. The molecule has 0 bridgehead atoms. The first-order valence-corrected chi connectivity index (χ1v) is 4.52. The predicted octanol–water partition coefficient (Wildman–Crippen LogP) is 2.37. The molecule has 0 fully saturated rings. The van der Waals surface area contributed by atoms with Gasteiger partial charge in [-0.2, -0.15) is 13.2 Å². The lowest BCUT2D eigenvalue weighted by atomic mass is 10.2. The largest absolute Gasteiger partial charge is 0.419 e. The standard InChI is InChI=1S/C9H4ClF3N2O/c10-6-4-7(16)15-3-1-2-5(8(15)14-6)9(11,12)13/h1-4H. The van der Waals surface area contributed by atoms with Crippen LogP contribution in [0.4, 0.5) is 13.2 Å². The Morgan fingerprint density at radius 2 is 2.06 bits per heavy atom. The molecule has 0 saturated heterocycles. The van der Waals surface area contributed by atoms with Crippen molar-refractivity contribution in [2.45, 2.75) is 6.18 Å². The summed E-state index contributed by atoms with van der Waals surface area (Å²) in [4.78, 5) is 14.9. The molecule has 0 saturated carbocycles. The minimum atomic E-state index is -4.57. The van der Waals surface area contributed by atoms with E-state index in [1.165, 1.54) is 6.20 Å². The van der Waals surface area contributed by atoms with Gasteiger partial charge in [0.25, 0.3) is 5.56 Å². The second-order valence-electron chi connectivity index (χ2n) is 3.03. The molecule has 2 rings (SSSR count). The third-order valence-electron chi connectivity index (χ3n) is 1.97. The molecule has 3 nitrogen and oxygen atoms in total. The summed E-state index contributed by atoms with van der Waals surface area (Å²) in [5.74, 6) is 0. The van der Waals surface area contributed by atoms with E-state index < -0.39 is 22.9 Å². The van der Waals surface area contributed by atoms with Crippen molar-refractivity contribution in [2.75, 3.05) is 0 Å². The molecule has 0 aromatic carbocycles. The number of hydrogen-bond acceptors (Lipinski definition) is 2. The molecule has 2 aromatic rings. The highest BCUT2D eigenvalue weighted by molar-refractivity contribution is 6.29. The third kappa shape index (κ3) is 1.76. The van der Waals surface area contributed by atoms with Crippen molar-refractivity contribution >= 4 is 17.2 Å². The molecule has 0 unspecified atom stereocenters. The Labute approximate surface area is 92.1 Å². The fraction of sp³-hybridized carbons (Fsp3) is 0.111. The molecule has 0 aliphatic rings. The average molecular weight is 249 g/mol. The first kappa shape index (κ1) is 10.9. The molecular weight excluding hydrogens is 245 g/mol. The number of alkyl halides is 3. The van der Waals surface area contributed by atoms with Gasteiger partial charge in [-0.25, -0.2) is 4.98 Å². The van der Waals surface area contributed by atoms with Gasteiger partial charge in [0.1, 0.15) is 5.15 Å². The van der Waals surface area contributed by atoms with Crippen LogP contribution in [0.5, 0.6) is 0 Å². The van der Waals surface area contributed by atoms with Crippen molar-refractivity contribution in [3.63, 3.8) is 0 Å². The summed E-state index contributed by atoms with van der Waals surface area (Å²) >= 11 is 5.45. The van der Waals surface area contributed by atoms with Gasteiger partial charge in [0, 0.05) is 12.3 Å². The molecule has 2 aromatic heterocycles. The van der Waals surface area contributed by atoms with Gasteiger partial charge in [-0.15, -0.1) is 0 Å². The zero-order valence-electron chi connectivity index (χ0n) is 7.62. The molecule has 0 aliphatic carbocycles. The van der Waals surface area contributed by atoms with E-state index in [1.54, 1.807) is 0 Å². The lowest BCUT2D eigenvalue weighted by molar-refractivity contribution is -0.136. The Morgan fingerprint density at radius 1 is 1.38 bits per heavy atom. The lowest BCUT2D eigenvalue weighted by Crippen LogP contribution is -2.17. The van der Waals surface area contributed by atoms with Crippen LogP contribution in [0.15, 0.2) is 29.2 Å². The summed E-state index contributed by atoms with van der Waals surface area (Å²) in [6, 6.07) is 2.93. The van der Waals surface area contributed by atoms with Crippen LogP contribution in [0.3, 0.4) is 0 Å². The fourth-order valence-corrected chi connectivity index (χ4v) is 1.49. The van der Waals surface area contributed by atoms with Crippen molar-refractivity contribution < 1.29 is 13.2 Å². The van der Waals surface area contributed by atoms with Gasteiger partial charge < -0.3 is 0 Å². The van der Waals surface area contributed by atoms with Crippen LogP contribution in [0.2, 0.25) is 5.15 Å². The van der Waals surface area contributed by atoms with Crippen LogP contribution in [0.1, 0.15) is 5.56 Å². The molecule has 2 heterocycles. The summed E-state index contributed by atoms with van der Waals surface area (Å²) in [7, 11) is 0. The lowest BCUT2D eigenvalue weighted by Gasteiger charge is -2.09. The Balaban J connectivity index is 2.93. The fourth-order valence-electron chi connectivity index (χ4n) is 1.32.